The van der Waals surface area contributed by atoms with Crippen molar-refractivity contribution in [2.75, 3.05) is 0 Å². The van der Waals surface area contributed by atoms with Gasteiger partial charge in [0.25, 0.3) is 0 Å². The molecule has 5 N–H and O–H groups in total. The topological polar surface area (TPSA) is 138 Å². The van der Waals surface area contributed by atoms with Crippen molar-refractivity contribution in [3.63, 3.8) is 0 Å². The quantitative estimate of drug-likeness (QED) is 0.507. The Morgan fingerprint density at radius 2 is 1.84 bits per heavy atom. The zero-order valence-corrected chi connectivity index (χ0v) is 10.6. The Bertz CT molecular complexity index is 497. The molecule has 0 aliphatic carbocycles. The van der Waals surface area contributed by atoms with E-state index in [1.165, 1.54) is 12.1 Å². The summed E-state index contributed by atoms with van der Waals surface area (Å²) in [7, 11) is 0. The van der Waals surface area contributed by atoms with Crippen molar-refractivity contribution in [3.8, 4) is 0 Å². The monoisotopic (exact) mass is 287 g/mol. The van der Waals surface area contributed by atoms with E-state index in [1.807, 2.05) is 0 Å². The second kappa shape index (κ2) is 6.41. The van der Waals surface area contributed by atoms with Crippen LogP contribution in [-0.2, 0) is 9.59 Å². The smallest absolute Gasteiger partial charge is 0.303 e. The molecule has 1 heterocycles. The molecule has 1 aromatic rings. The molecule has 8 heteroatoms. The van der Waals surface area contributed by atoms with Gasteiger partial charge in [0.05, 0.1) is 11.3 Å². The van der Waals surface area contributed by atoms with E-state index in [1.54, 1.807) is 0 Å². The predicted octanol–water partition coefficient (Wildman–Crippen LogP) is -0.325. The zero-order chi connectivity index (χ0) is 14.6. The van der Waals surface area contributed by atoms with Crippen LogP contribution in [0.2, 0.25) is 0 Å². The van der Waals surface area contributed by atoms with Gasteiger partial charge in [0.2, 0.25) is 5.91 Å². The number of ketones is 1. The highest BCUT2D eigenvalue weighted by atomic mass is 32.1. The number of rotatable bonds is 7. The van der Waals surface area contributed by atoms with Crippen molar-refractivity contribution in [2.24, 2.45) is 5.73 Å². The summed E-state index contributed by atoms with van der Waals surface area (Å²) in [6, 6.07) is 2.79. The van der Waals surface area contributed by atoms with Crippen molar-refractivity contribution < 1.29 is 29.7 Å². The Morgan fingerprint density at radius 3 is 2.37 bits per heavy atom. The number of carbonyl (C=O) groups is 3. The van der Waals surface area contributed by atoms with Crippen LogP contribution in [-0.4, -0.2) is 39.1 Å². The van der Waals surface area contributed by atoms with Gasteiger partial charge in [-0.3, -0.25) is 14.4 Å². The molecule has 2 unspecified atom stereocenters. The van der Waals surface area contributed by atoms with Gasteiger partial charge < -0.3 is 21.1 Å². The lowest BCUT2D eigenvalue weighted by molar-refractivity contribution is -0.137. The minimum Gasteiger partial charge on any atom is -0.481 e. The molecular formula is C11H13NO6S. The predicted molar refractivity (Wildman–Crippen MR) is 65.7 cm³/mol. The van der Waals surface area contributed by atoms with Gasteiger partial charge in [0.15, 0.2) is 11.9 Å². The van der Waals surface area contributed by atoms with E-state index in [0.717, 1.165) is 11.3 Å². The van der Waals surface area contributed by atoms with Crippen molar-refractivity contribution in [1.82, 2.24) is 0 Å². The number of primary amides is 1. The highest BCUT2D eigenvalue weighted by molar-refractivity contribution is 7.14. The number of carbonyl (C=O) groups excluding carboxylic acids is 2. The summed E-state index contributed by atoms with van der Waals surface area (Å²) < 4.78 is 0. The van der Waals surface area contributed by atoms with Crippen LogP contribution in [0.3, 0.4) is 0 Å². The van der Waals surface area contributed by atoms with Crippen molar-refractivity contribution in [2.45, 2.75) is 25.0 Å². The van der Waals surface area contributed by atoms with Gasteiger partial charge in [-0.15, -0.1) is 11.3 Å². The number of carboxylic acid groups (broad SMARTS) is 1. The van der Waals surface area contributed by atoms with E-state index in [9.17, 15) is 24.6 Å². The Labute approximate surface area is 112 Å². The molecular weight excluding hydrogens is 274 g/mol. The van der Waals surface area contributed by atoms with Crippen LogP contribution in [0.1, 0.15) is 33.5 Å². The number of aliphatic carboxylic acids is 1. The highest BCUT2D eigenvalue weighted by Gasteiger charge is 2.25. The molecule has 0 fully saturated rings. The molecule has 0 aromatic carbocycles. The fourth-order valence-electron chi connectivity index (χ4n) is 1.32. The first-order valence-electron chi connectivity index (χ1n) is 5.33. The lowest BCUT2D eigenvalue weighted by Gasteiger charge is -2.12. The standard InChI is InChI=1S/C11H13NO6S/c12-11(18)10(17)9(16)7-3-2-6(19-7)5(13)1-4-8(14)15/h2-3,9-10,16-17H,1,4H2,(H2,12,18)(H,14,15). The van der Waals surface area contributed by atoms with E-state index < -0.39 is 24.1 Å². The Kier molecular flexibility index (Phi) is 5.16. The molecule has 1 rings (SSSR count). The van der Waals surface area contributed by atoms with Crippen LogP contribution < -0.4 is 5.73 Å². The second-order valence-corrected chi connectivity index (χ2v) is 4.93. The number of thiophene rings is 1. The van der Waals surface area contributed by atoms with Crippen molar-refractivity contribution in [3.05, 3.63) is 21.9 Å². The minimum atomic E-state index is -1.75. The summed E-state index contributed by atoms with van der Waals surface area (Å²) >= 11 is 0.886. The molecule has 0 saturated carbocycles. The van der Waals surface area contributed by atoms with Crippen LogP contribution in [0.25, 0.3) is 0 Å². The second-order valence-electron chi connectivity index (χ2n) is 3.81. The maximum absolute atomic E-state index is 11.6. The summed E-state index contributed by atoms with van der Waals surface area (Å²) in [4.78, 5) is 33.1. The molecule has 1 amide bonds. The summed E-state index contributed by atoms with van der Waals surface area (Å²) in [5.41, 5.74) is 4.85. The number of hydrogen-bond donors (Lipinski definition) is 4. The average Bonchev–Trinajstić information content (AvgIpc) is 2.83. The molecule has 7 nitrogen and oxygen atoms in total. The van der Waals surface area contributed by atoms with Crippen LogP contribution in [0, 0.1) is 0 Å². The number of amides is 1. The zero-order valence-electron chi connectivity index (χ0n) is 9.78. The van der Waals surface area contributed by atoms with Gasteiger partial charge in [-0.2, -0.15) is 0 Å². The SMILES string of the molecule is NC(=O)C(O)C(O)c1ccc(C(=O)CCC(=O)O)s1. The average molecular weight is 287 g/mol. The number of hydrogen-bond acceptors (Lipinski definition) is 6. The number of carboxylic acids is 1. The first-order valence-corrected chi connectivity index (χ1v) is 6.14. The number of Topliss-reactive ketones (excluding diaryl/α,β-unsaturated/α-hetero) is 1. The van der Waals surface area contributed by atoms with E-state index in [2.05, 4.69) is 0 Å². The lowest BCUT2D eigenvalue weighted by Crippen LogP contribution is -2.33. The number of aliphatic hydroxyl groups is 2. The van der Waals surface area contributed by atoms with Gasteiger partial charge in [0, 0.05) is 11.3 Å². The normalized spacial score (nSPS) is 13.8. The van der Waals surface area contributed by atoms with Crippen LogP contribution in [0.15, 0.2) is 12.1 Å². The summed E-state index contributed by atoms with van der Waals surface area (Å²) in [6.07, 6.45) is -3.67. The molecule has 104 valence electrons. The number of nitrogens with two attached hydrogens (primary N) is 1. The third-order valence-corrected chi connectivity index (χ3v) is 3.55. The van der Waals surface area contributed by atoms with Crippen LogP contribution in [0.4, 0.5) is 0 Å². The fourth-order valence-corrected chi connectivity index (χ4v) is 2.31. The van der Waals surface area contributed by atoms with Crippen molar-refractivity contribution in [1.29, 1.82) is 0 Å². The van der Waals surface area contributed by atoms with Gasteiger partial charge in [-0.05, 0) is 12.1 Å². The summed E-state index contributed by atoms with van der Waals surface area (Å²) in [5, 5.41) is 27.4. The minimum absolute atomic E-state index is 0.149. The molecule has 0 aliphatic heterocycles. The molecule has 0 bridgehead atoms. The number of aliphatic hydroxyl groups excluding tert-OH is 2. The molecule has 2 atom stereocenters. The molecule has 19 heavy (non-hydrogen) atoms. The first-order chi connectivity index (χ1) is 8.82. The van der Waals surface area contributed by atoms with Crippen LogP contribution in [0.5, 0.6) is 0 Å². The Morgan fingerprint density at radius 1 is 1.21 bits per heavy atom. The third-order valence-electron chi connectivity index (χ3n) is 2.35. The summed E-state index contributed by atoms with van der Waals surface area (Å²) in [6.45, 7) is 0. The maximum atomic E-state index is 11.6. The first kappa shape index (κ1) is 15.3. The maximum Gasteiger partial charge on any atom is 0.303 e. The molecule has 1 aromatic heterocycles. The Balaban J connectivity index is 2.74. The lowest BCUT2D eigenvalue weighted by atomic mass is 10.1. The summed E-state index contributed by atoms with van der Waals surface area (Å²) in [5.74, 6) is -2.52. The molecule has 0 radical (unpaired) electrons. The Hall–Kier alpha value is -1.77. The third kappa shape index (κ3) is 4.12. The molecule has 0 spiro atoms. The van der Waals surface area contributed by atoms with E-state index >= 15 is 0 Å². The van der Waals surface area contributed by atoms with Gasteiger partial charge in [-0.25, -0.2) is 0 Å². The van der Waals surface area contributed by atoms with E-state index in [0.29, 0.717) is 0 Å². The van der Waals surface area contributed by atoms with Crippen LogP contribution >= 0.6 is 11.3 Å². The fraction of sp³-hybridized carbons (Fsp3) is 0.364. The van der Waals surface area contributed by atoms with E-state index in [-0.39, 0.29) is 28.4 Å². The largest absolute Gasteiger partial charge is 0.481 e. The molecule has 0 saturated heterocycles. The highest BCUT2D eigenvalue weighted by Crippen LogP contribution is 2.26. The van der Waals surface area contributed by atoms with Gasteiger partial charge >= 0.3 is 5.97 Å². The van der Waals surface area contributed by atoms with Gasteiger partial charge in [-0.1, -0.05) is 0 Å². The molecule has 0 aliphatic rings. The van der Waals surface area contributed by atoms with Crippen molar-refractivity contribution >= 4 is 29.0 Å². The van der Waals surface area contributed by atoms with Gasteiger partial charge in [0.1, 0.15) is 6.10 Å². The van der Waals surface area contributed by atoms with E-state index in [4.69, 9.17) is 10.8 Å².